The largest absolute Gasteiger partial charge is 0.300 e. The Morgan fingerprint density at radius 1 is 1.31 bits per heavy atom. The number of halogens is 1. The van der Waals surface area contributed by atoms with E-state index >= 15 is 0 Å². The minimum Gasteiger partial charge on any atom is -0.300 e. The van der Waals surface area contributed by atoms with Gasteiger partial charge in [-0.3, -0.25) is 0 Å². The maximum atomic E-state index is 11.3. The SMILES string of the molecule is CCCn1c(C(C)(C)C)nnc1S(=O)(=O)Cl. The van der Waals surface area contributed by atoms with Crippen LogP contribution in [0.4, 0.5) is 0 Å². The van der Waals surface area contributed by atoms with Crippen molar-refractivity contribution in [2.75, 3.05) is 0 Å². The Hall–Kier alpha value is -0.620. The fourth-order valence-corrected chi connectivity index (χ4v) is 2.37. The second-order valence-corrected chi connectivity index (χ2v) is 7.11. The van der Waals surface area contributed by atoms with Crippen LogP contribution in [0.15, 0.2) is 5.16 Å². The summed E-state index contributed by atoms with van der Waals surface area (Å²) >= 11 is 0. The third-order valence-electron chi connectivity index (χ3n) is 2.05. The molecule has 0 saturated carbocycles. The van der Waals surface area contributed by atoms with E-state index in [1.54, 1.807) is 4.57 Å². The molecule has 0 amide bonds. The van der Waals surface area contributed by atoms with Crippen molar-refractivity contribution in [3.05, 3.63) is 5.82 Å². The first-order chi connectivity index (χ1) is 7.18. The zero-order chi connectivity index (χ0) is 12.6. The Morgan fingerprint density at radius 3 is 2.25 bits per heavy atom. The molecule has 0 radical (unpaired) electrons. The summed E-state index contributed by atoms with van der Waals surface area (Å²) in [4.78, 5) is 0. The summed E-state index contributed by atoms with van der Waals surface area (Å²) in [6.07, 6.45) is 0.792. The molecule has 1 aromatic rings. The molecule has 0 aliphatic rings. The fourth-order valence-electron chi connectivity index (χ4n) is 1.45. The fraction of sp³-hybridized carbons (Fsp3) is 0.778. The zero-order valence-electron chi connectivity index (χ0n) is 9.86. The number of hydrogen-bond acceptors (Lipinski definition) is 4. The molecule has 0 unspecified atom stereocenters. The highest BCUT2D eigenvalue weighted by molar-refractivity contribution is 8.13. The number of nitrogens with zero attached hydrogens (tertiary/aromatic N) is 3. The molecule has 0 aliphatic carbocycles. The quantitative estimate of drug-likeness (QED) is 0.783. The monoisotopic (exact) mass is 265 g/mol. The van der Waals surface area contributed by atoms with Gasteiger partial charge in [0.1, 0.15) is 5.82 Å². The molecule has 0 saturated heterocycles. The van der Waals surface area contributed by atoms with Crippen molar-refractivity contribution in [1.82, 2.24) is 14.8 Å². The van der Waals surface area contributed by atoms with E-state index in [-0.39, 0.29) is 10.6 Å². The van der Waals surface area contributed by atoms with Gasteiger partial charge in [-0.25, -0.2) is 8.42 Å². The van der Waals surface area contributed by atoms with E-state index in [2.05, 4.69) is 10.2 Å². The van der Waals surface area contributed by atoms with Gasteiger partial charge < -0.3 is 4.57 Å². The van der Waals surface area contributed by atoms with Crippen LogP contribution < -0.4 is 0 Å². The van der Waals surface area contributed by atoms with E-state index in [4.69, 9.17) is 10.7 Å². The molecule has 16 heavy (non-hydrogen) atoms. The van der Waals surface area contributed by atoms with Crippen LogP contribution in [0, 0.1) is 0 Å². The maximum Gasteiger partial charge on any atom is 0.296 e. The summed E-state index contributed by atoms with van der Waals surface area (Å²) < 4.78 is 24.2. The Labute approximate surface area is 100 Å². The van der Waals surface area contributed by atoms with Gasteiger partial charge in [0.15, 0.2) is 0 Å². The van der Waals surface area contributed by atoms with Crippen molar-refractivity contribution in [3.8, 4) is 0 Å². The highest BCUT2D eigenvalue weighted by Crippen LogP contribution is 2.24. The Balaban J connectivity index is 3.40. The molecular weight excluding hydrogens is 250 g/mol. The topological polar surface area (TPSA) is 64.8 Å². The van der Waals surface area contributed by atoms with Gasteiger partial charge in [0, 0.05) is 22.6 Å². The first kappa shape index (κ1) is 13.4. The molecule has 7 heteroatoms. The second-order valence-electron chi connectivity index (χ2n) is 4.65. The Kier molecular flexibility index (Phi) is 3.64. The van der Waals surface area contributed by atoms with E-state index in [0.717, 1.165) is 6.42 Å². The minimum absolute atomic E-state index is 0.166. The predicted octanol–water partition coefficient (Wildman–Crippen LogP) is 1.91. The molecule has 0 atom stereocenters. The van der Waals surface area contributed by atoms with Crippen LogP contribution in [0.2, 0.25) is 0 Å². The van der Waals surface area contributed by atoms with Crippen molar-refractivity contribution in [2.45, 2.75) is 51.2 Å². The van der Waals surface area contributed by atoms with E-state index in [9.17, 15) is 8.42 Å². The van der Waals surface area contributed by atoms with Crippen molar-refractivity contribution in [1.29, 1.82) is 0 Å². The first-order valence-corrected chi connectivity index (χ1v) is 7.37. The molecule has 0 spiro atoms. The van der Waals surface area contributed by atoms with Crippen molar-refractivity contribution in [2.24, 2.45) is 0 Å². The van der Waals surface area contributed by atoms with Crippen LogP contribution in [0.5, 0.6) is 0 Å². The smallest absolute Gasteiger partial charge is 0.296 e. The number of rotatable bonds is 3. The van der Waals surface area contributed by atoms with Gasteiger partial charge in [-0.15, -0.1) is 10.2 Å². The van der Waals surface area contributed by atoms with Crippen molar-refractivity contribution in [3.63, 3.8) is 0 Å². The van der Waals surface area contributed by atoms with Gasteiger partial charge >= 0.3 is 0 Å². The van der Waals surface area contributed by atoms with E-state index in [0.29, 0.717) is 12.4 Å². The molecule has 0 fully saturated rings. The van der Waals surface area contributed by atoms with E-state index < -0.39 is 9.05 Å². The highest BCUT2D eigenvalue weighted by Gasteiger charge is 2.28. The molecule has 1 rings (SSSR count). The van der Waals surface area contributed by atoms with Gasteiger partial charge in [-0.2, -0.15) is 0 Å². The minimum atomic E-state index is -3.83. The number of aromatic nitrogens is 3. The second kappa shape index (κ2) is 4.33. The van der Waals surface area contributed by atoms with Gasteiger partial charge in [0.2, 0.25) is 0 Å². The molecule has 0 N–H and O–H groups in total. The highest BCUT2D eigenvalue weighted by atomic mass is 35.7. The summed E-state index contributed by atoms with van der Waals surface area (Å²) in [5, 5.41) is 7.42. The predicted molar refractivity (Wildman–Crippen MR) is 62.1 cm³/mol. The Bertz CT molecular complexity index is 473. The summed E-state index contributed by atoms with van der Waals surface area (Å²) in [5.41, 5.74) is -0.262. The van der Waals surface area contributed by atoms with Crippen LogP contribution in [0.1, 0.15) is 39.9 Å². The summed E-state index contributed by atoms with van der Waals surface area (Å²) in [6.45, 7) is 8.35. The lowest BCUT2D eigenvalue weighted by Gasteiger charge is -2.18. The summed E-state index contributed by atoms with van der Waals surface area (Å²) in [7, 11) is 1.48. The van der Waals surface area contributed by atoms with Gasteiger partial charge in [0.05, 0.1) is 0 Å². The van der Waals surface area contributed by atoms with Crippen molar-refractivity contribution < 1.29 is 8.42 Å². The molecular formula is C9H16ClN3O2S. The third-order valence-corrected chi connectivity index (χ3v) is 3.21. The first-order valence-electron chi connectivity index (χ1n) is 5.06. The molecule has 1 heterocycles. The van der Waals surface area contributed by atoms with E-state index in [1.807, 2.05) is 27.7 Å². The van der Waals surface area contributed by atoms with Crippen LogP contribution >= 0.6 is 10.7 Å². The molecule has 92 valence electrons. The lowest BCUT2D eigenvalue weighted by Crippen LogP contribution is -2.20. The normalized spacial score (nSPS) is 13.1. The molecule has 0 aromatic carbocycles. The standard InChI is InChI=1S/C9H16ClN3O2S/c1-5-6-13-7(9(2,3)4)11-12-8(13)16(10,14)15/h5-6H2,1-4H3. The van der Waals surface area contributed by atoms with Crippen LogP contribution in [0.3, 0.4) is 0 Å². The van der Waals surface area contributed by atoms with Gasteiger partial charge in [-0.05, 0) is 6.42 Å². The molecule has 0 bridgehead atoms. The van der Waals surface area contributed by atoms with Crippen LogP contribution in [0.25, 0.3) is 0 Å². The maximum absolute atomic E-state index is 11.3. The average Bonchev–Trinajstić information content (AvgIpc) is 2.46. The van der Waals surface area contributed by atoms with Gasteiger partial charge in [-0.1, -0.05) is 27.7 Å². The molecule has 1 aromatic heterocycles. The van der Waals surface area contributed by atoms with E-state index in [1.165, 1.54) is 0 Å². The molecule has 5 nitrogen and oxygen atoms in total. The lowest BCUT2D eigenvalue weighted by atomic mass is 9.96. The zero-order valence-corrected chi connectivity index (χ0v) is 11.4. The van der Waals surface area contributed by atoms with Crippen molar-refractivity contribution >= 4 is 19.7 Å². The molecule has 0 aliphatic heterocycles. The third kappa shape index (κ3) is 2.74. The average molecular weight is 266 g/mol. The van der Waals surface area contributed by atoms with Crippen LogP contribution in [-0.2, 0) is 21.0 Å². The number of hydrogen-bond donors (Lipinski definition) is 0. The summed E-state index contributed by atoms with van der Waals surface area (Å²) in [5.74, 6) is 0.633. The van der Waals surface area contributed by atoms with Crippen LogP contribution in [-0.4, -0.2) is 23.2 Å². The Morgan fingerprint density at radius 2 is 1.88 bits per heavy atom. The van der Waals surface area contributed by atoms with Gasteiger partial charge in [0.25, 0.3) is 14.2 Å². The lowest BCUT2D eigenvalue weighted by molar-refractivity contribution is 0.476. The summed E-state index contributed by atoms with van der Waals surface area (Å²) in [6, 6.07) is 0.